The Balaban J connectivity index is 2.09. The Morgan fingerprint density at radius 2 is 1.95 bits per heavy atom. The van der Waals surface area contributed by atoms with Crippen molar-refractivity contribution in [2.75, 3.05) is 27.3 Å². The van der Waals surface area contributed by atoms with Crippen LogP contribution in [-0.2, 0) is 4.79 Å². The molecule has 1 aliphatic heterocycles. The van der Waals surface area contributed by atoms with E-state index in [1.165, 1.54) is 0 Å². The summed E-state index contributed by atoms with van der Waals surface area (Å²) in [5, 5.41) is 0.459. The fraction of sp³-hybridized carbons (Fsp3) is 0.471. The summed E-state index contributed by atoms with van der Waals surface area (Å²) in [6.45, 7) is 3.89. The third-order valence-corrected chi connectivity index (χ3v) is 4.25. The molecule has 1 fully saturated rings. The highest BCUT2D eigenvalue weighted by atomic mass is 35.5. The first-order valence-corrected chi connectivity index (χ1v) is 7.81. The molecule has 0 unspecified atom stereocenters. The zero-order chi connectivity index (χ0) is 16.1. The van der Waals surface area contributed by atoms with Crippen LogP contribution in [0, 0.1) is 5.92 Å². The van der Waals surface area contributed by atoms with Gasteiger partial charge in [-0.3, -0.25) is 4.79 Å². The Morgan fingerprint density at radius 1 is 1.27 bits per heavy atom. The van der Waals surface area contributed by atoms with Crippen LogP contribution in [0.1, 0.15) is 25.3 Å². The van der Waals surface area contributed by atoms with E-state index in [0.717, 1.165) is 31.5 Å². The summed E-state index contributed by atoms with van der Waals surface area (Å²) in [4.78, 5) is 14.1. The number of amides is 1. The number of halogens is 1. The molecular weight excluding hydrogens is 302 g/mol. The predicted octanol–water partition coefficient (Wildman–Crippen LogP) is 3.63. The van der Waals surface area contributed by atoms with Gasteiger partial charge in [0.05, 0.1) is 19.2 Å². The number of piperidine rings is 1. The van der Waals surface area contributed by atoms with Crippen molar-refractivity contribution in [3.8, 4) is 11.5 Å². The van der Waals surface area contributed by atoms with E-state index in [4.69, 9.17) is 21.1 Å². The quantitative estimate of drug-likeness (QED) is 0.794. The largest absolute Gasteiger partial charge is 0.493 e. The lowest BCUT2D eigenvalue weighted by molar-refractivity contribution is -0.127. The van der Waals surface area contributed by atoms with Gasteiger partial charge in [0.25, 0.3) is 0 Å². The van der Waals surface area contributed by atoms with Crippen LogP contribution in [0.2, 0.25) is 5.02 Å². The minimum Gasteiger partial charge on any atom is -0.493 e. The van der Waals surface area contributed by atoms with E-state index < -0.39 is 0 Å². The molecule has 0 N–H and O–H groups in total. The third-order valence-electron chi connectivity index (χ3n) is 3.97. The molecule has 0 atom stereocenters. The molecule has 1 aromatic rings. The molecule has 0 spiro atoms. The molecular formula is C17H22ClNO3. The molecule has 0 aromatic heterocycles. The van der Waals surface area contributed by atoms with Gasteiger partial charge in [-0.25, -0.2) is 0 Å². The number of carbonyl (C=O) groups is 1. The van der Waals surface area contributed by atoms with Gasteiger partial charge in [0.15, 0.2) is 11.5 Å². The summed E-state index contributed by atoms with van der Waals surface area (Å²) in [5.74, 6) is 1.79. The van der Waals surface area contributed by atoms with Gasteiger partial charge in [-0.2, -0.15) is 0 Å². The summed E-state index contributed by atoms with van der Waals surface area (Å²) in [6.07, 6.45) is 5.49. The zero-order valence-corrected chi connectivity index (χ0v) is 14.0. The number of hydrogen-bond acceptors (Lipinski definition) is 3. The number of rotatable bonds is 4. The first kappa shape index (κ1) is 16.7. The molecule has 120 valence electrons. The van der Waals surface area contributed by atoms with Crippen LogP contribution in [0.15, 0.2) is 18.2 Å². The lowest BCUT2D eigenvalue weighted by atomic mass is 9.99. The monoisotopic (exact) mass is 323 g/mol. The number of ether oxygens (including phenoxy) is 2. The number of methoxy groups -OCH3 is 2. The Kier molecular flexibility index (Phi) is 5.72. The molecule has 0 bridgehead atoms. The number of benzene rings is 1. The SMILES string of the molecule is COc1cc(/C=C/C(=O)N2CCC(C)CC2)cc(Cl)c1OC. The number of carbonyl (C=O) groups excluding carboxylic acids is 1. The van der Waals surface area contributed by atoms with Crippen LogP contribution in [-0.4, -0.2) is 38.1 Å². The van der Waals surface area contributed by atoms with Crippen LogP contribution in [0.25, 0.3) is 6.08 Å². The molecule has 22 heavy (non-hydrogen) atoms. The summed E-state index contributed by atoms with van der Waals surface area (Å²) < 4.78 is 10.5. The van der Waals surface area contributed by atoms with Crippen molar-refractivity contribution < 1.29 is 14.3 Å². The molecule has 1 aliphatic rings. The van der Waals surface area contributed by atoms with Crippen molar-refractivity contribution in [3.05, 3.63) is 28.8 Å². The highest BCUT2D eigenvalue weighted by Crippen LogP contribution is 2.36. The minimum absolute atomic E-state index is 0.0396. The van der Waals surface area contributed by atoms with Gasteiger partial charge < -0.3 is 14.4 Å². The zero-order valence-electron chi connectivity index (χ0n) is 13.3. The summed E-state index contributed by atoms with van der Waals surface area (Å²) >= 11 is 6.16. The van der Waals surface area contributed by atoms with Crippen molar-refractivity contribution in [2.24, 2.45) is 5.92 Å². The highest BCUT2D eigenvalue weighted by molar-refractivity contribution is 6.32. The second-order valence-electron chi connectivity index (χ2n) is 5.58. The maximum atomic E-state index is 12.2. The van der Waals surface area contributed by atoms with Gasteiger partial charge in [-0.05, 0) is 42.5 Å². The predicted molar refractivity (Wildman–Crippen MR) is 88.6 cm³/mol. The van der Waals surface area contributed by atoms with Crippen LogP contribution >= 0.6 is 11.6 Å². The maximum Gasteiger partial charge on any atom is 0.246 e. The van der Waals surface area contributed by atoms with Crippen LogP contribution in [0.3, 0.4) is 0 Å². The molecule has 1 saturated heterocycles. The van der Waals surface area contributed by atoms with Crippen molar-refractivity contribution in [2.45, 2.75) is 19.8 Å². The Labute approximate surface area is 136 Å². The fourth-order valence-corrected chi connectivity index (χ4v) is 2.83. The Bertz CT molecular complexity index is 563. The minimum atomic E-state index is 0.0396. The molecule has 1 aromatic carbocycles. The molecule has 0 radical (unpaired) electrons. The van der Waals surface area contributed by atoms with E-state index in [1.54, 1.807) is 38.5 Å². The number of likely N-dealkylation sites (tertiary alicyclic amines) is 1. The first-order valence-electron chi connectivity index (χ1n) is 7.43. The van der Waals surface area contributed by atoms with Crippen LogP contribution in [0.5, 0.6) is 11.5 Å². The van der Waals surface area contributed by atoms with Gasteiger partial charge >= 0.3 is 0 Å². The van der Waals surface area contributed by atoms with E-state index in [2.05, 4.69) is 6.92 Å². The molecule has 1 heterocycles. The first-order chi connectivity index (χ1) is 10.5. The van der Waals surface area contributed by atoms with Gasteiger partial charge in [0.1, 0.15) is 0 Å². The van der Waals surface area contributed by atoms with Crippen molar-refractivity contribution in [1.82, 2.24) is 4.90 Å². The fourth-order valence-electron chi connectivity index (χ4n) is 2.54. The second-order valence-corrected chi connectivity index (χ2v) is 5.99. The normalized spacial score (nSPS) is 16.1. The average molecular weight is 324 g/mol. The maximum absolute atomic E-state index is 12.2. The van der Waals surface area contributed by atoms with E-state index in [-0.39, 0.29) is 5.91 Å². The lowest BCUT2D eigenvalue weighted by Gasteiger charge is -2.29. The van der Waals surface area contributed by atoms with Gasteiger partial charge in [0.2, 0.25) is 5.91 Å². The van der Waals surface area contributed by atoms with Crippen molar-refractivity contribution >= 4 is 23.6 Å². The van der Waals surface area contributed by atoms with Crippen LogP contribution in [0.4, 0.5) is 0 Å². The Morgan fingerprint density at radius 3 is 2.55 bits per heavy atom. The summed E-state index contributed by atoms with van der Waals surface area (Å²) in [5.41, 5.74) is 0.807. The van der Waals surface area contributed by atoms with Gasteiger partial charge in [-0.15, -0.1) is 0 Å². The number of hydrogen-bond donors (Lipinski definition) is 0. The Hall–Kier alpha value is -1.68. The van der Waals surface area contributed by atoms with E-state index in [1.807, 2.05) is 4.90 Å². The van der Waals surface area contributed by atoms with Crippen molar-refractivity contribution in [3.63, 3.8) is 0 Å². The van der Waals surface area contributed by atoms with E-state index >= 15 is 0 Å². The molecule has 5 heteroatoms. The lowest BCUT2D eigenvalue weighted by Crippen LogP contribution is -2.36. The summed E-state index contributed by atoms with van der Waals surface area (Å²) in [7, 11) is 3.10. The average Bonchev–Trinajstić information content (AvgIpc) is 2.52. The standard InChI is InChI=1S/C17H22ClNO3/c1-12-6-8-19(9-7-12)16(20)5-4-13-10-14(18)17(22-3)15(11-13)21-2/h4-5,10-12H,6-9H2,1-3H3/b5-4+. The summed E-state index contributed by atoms with van der Waals surface area (Å²) in [6, 6.07) is 3.55. The molecule has 4 nitrogen and oxygen atoms in total. The third kappa shape index (κ3) is 3.95. The smallest absolute Gasteiger partial charge is 0.246 e. The van der Waals surface area contributed by atoms with Gasteiger partial charge in [0, 0.05) is 19.2 Å². The topological polar surface area (TPSA) is 38.8 Å². The van der Waals surface area contributed by atoms with Crippen LogP contribution < -0.4 is 9.47 Å². The molecule has 0 saturated carbocycles. The second kappa shape index (κ2) is 7.54. The van der Waals surface area contributed by atoms with Gasteiger partial charge in [-0.1, -0.05) is 18.5 Å². The molecule has 1 amide bonds. The van der Waals surface area contributed by atoms with Crippen molar-refractivity contribution in [1.29, 1.82) is 0 Å². The van der Waals surface area contributed by atoms with E-state index in [0.29, 0.717) is 22.4 Å². The molecule has 2 rings (SSSR count). The molecule has 0 aliphatic carbocycles. The number of nitrogens with zero attached hydrogens (tertiary/aromatic N) is 1. The van der Waals surface area contributed by atoms with E-state index in [9.17, 15) is 4.79 Å². The highest BCUT2D eigenvalue weighted by Gasteiger charge is 2.18.